The fraction of sp³-hybridized carbons (Fsp3) is 0.455. The Labute approximate surface area is 303 Å². The maximum absolute atomic E-state index is 13.7. The predicted octanol–water partition coefficient (Wildman–Crippen LogP) is 5.74. The molecule has 2 saturated heterocycles. The first-order valence-electron chi connectivity index (χ1n) is 16.5. The first-order chi connectivity index (χ1) is 24.3. The number of rotatable bonds is 10. The summed E-state index contributed by atoms with van der Waals surface area (Å²) in [6, 6.07) is 7.59. The van der Waals surface area contributed by atoms with Gasteiger partial charge in [0.2, 0.25) is 5.95 Å². The number of nitrogens with one attached hydrogen (secondary N) is 2. The van der Waals surface area contributed by atoms with Crippen molar-refractivity contribution in [3.8, 4) is 5.75 Å². The van der Waals surface area contributed by atoms with Gasteiger partial charge in [0.15, 0.2) is 0 Å². The molecule has 51 heavy (non-hydrogen) atoms. The molecule has 4 heterocycles. The highest BCUT2D eigenvalue weighted by molar-refractivity contribution is 9.10. The van der Waals surface area contributed by atoms with Crippen LogP contribution < -0.4 is 24.6 Å². The van der Waals surface area contributed by atoms with Gasteiger partial charge in [-0.05, 0) is 66.0 Å². The second-order valence-electron chi connectivity index (χ2n) is 12.5. The van der Waals surface area contributed by atoms with Gasteiger partial charge in [0.1, 0.15) is 22.8 Å². The molecular formula is C33H40BrF3N10O3S. The number of hydrogen-bond donors (Lipinski definition) is 2. The van der Waals surface area contributed by atoms with E-state index in [0.29, 0.717) is 22.0 Å². The van der Waals surface area contributed by atoms with Crippen LogP contribution in [0.15, 0.2) is 47.3 Å². The summed E-state index contributed by atoms with van der Waals surface area (Å²) < 4.78 is 72.3. The summed E-state index contributed by atoms with van der Waals surface area (Å²) >= 11 is 3.40. The molecule has 0 radical (unpaired) electrons. The van der Waals surface area contributed by atoms with Crippen LogP contribution in [0.2, 0.25) is 0 Å². The van der Waals surface area contributed by atoms with Gasteiger partial charge in [-0.2, -0.15) is 26.6 Å². The zero-order valence-electron chi connectivity index (χ0n) is 28.7. The number of methoxy groups -OCH3 is 1. The zero-order valence-corrected chi connectivity index (χ0v) is 31.1. The number of benzene rings is 2. The Morgan fingerprint density at radius 2 is 1.71 bits per heavy atom. The maximum Gasteiger partial charge on any atom is 0.516 e. The first kappa shape index (κ1) is 36.8. The summed E-state index contributed by atoms with van der Waals surface area (Å²) in [5, 5.41) is 6.21. The van der Waals surface area contributed by atoms with Crippen molar-refractivity contribution >= 4 is 71.5 Å². The number of ether oxygens (including phenoxy) is 1. The molecule has 0 amide bonds. The van der Waals surface area contributed by atoms with Crippen LogP contribution in [0, 0.1) is 0 Å². The number of sulfonamides is 1. The number of fused-ring (bicyclic) bond motifs is 1. The van der Waals surface area contributed by atoms with Crippen molar-refractivity contribution in [2.45, 2.75) is 37.7 Å². The van der Waals surface area contributed by atoms with Gasteiger partial charge >= 0.3 is 15.5 Å². The highest BCUT2D eigenvalue weighted by atomic mass is 79.9. The van der Waals surface area contributed by atoms with E-state index >= 15 is 0 Å². The molecule has 274 valence electrons. The minimum Gasteiger partial charge on any atom is -0.494 e. The van der Waals surface area contributed by atoms with Gasteiger partial charge in [0.05, 0.1) is 28.5 Å². The number of piperazine rings is 1. The van der Waals surface area contributed by atoms with Gasteiger partial charge in [0, 0.05) is 82.7 Å². The van der Waals surface area contributed by atoms with Gasteiger partial charge in [-0.1, -0.05) is 6.92 Å². The second kappa shape index (κ2) is 14.9. The predicted molar refractivity (Wildman–Crippen MR) is 196 cm³/mol. The van der Waals surface area contributed by atoms with Crippen LogP contribution in [-0.4, -0.2) is 110 Å². The second-order valence-corrected chi connectivity index (χ2v) is 15.4. The van der Waals surface area contributed by atoms with E-state index in [1.807, 2.05) is 12.1 Å². The van der Waals surface area contributed by atoms with Crippen molar-refractivity contribution in [1.82, 2.24) is 29.7 Å². The molecular weight excluding hydrogens is 753 g/mol. The lowest BCUT2D eigenvalue weighted by atomic mass is 9.99. The average molecular weight is 794 g/mol. The van der Waals surface area contributed by atoms with Crippen LogP contribution in [0.5, 0.6) is 5.75 Å². The van der Waals surface area contributed by atoms with Gasteiger partial charge < -0.3 is 25.2 Å². The molecule has 0 aliphatic carbocycles. The highest BCUT2D eigenvalue weighted by Crippen LogP contribution is 2.41. The van der Waals surface area contributed by atoms with Crippen LogP contribution in [0.25, 0.3) is 11.0 Å². The van der Waals surface area contributed by atoms with E-state index in [-0.39, 0.29) is 38.5 Å². The minimum atomic E-state index is -5.78. The topological polar surface area (TPSA) is 132 Å². The first-order valence-corrected chi connectivity index (χ1v) is 18.8. The van der Waals surface area contributed by atoms with Crippen molar-refractivity contribution in [2.75, 3.05) is 80.3 Å². The SMILES string of the molecule is CCc1cc(Nc2ncc(Br)c(Nc3ccc4nccnc4c3N(C)S(=O)(=O)C(F)(F)F)n2)c(OC)cc1N1CCC(N2CCN(C)CC2)CC1. The number of hydrogen-bond acceptors (Lipinski definition) is 12. The lowest BCUT2D eigenvalue weighted by Crippen LogP contribution is -2.52. The summed E-state index contributed by atoms with van der Waals surface area (Å²) in [5.41, 5.74) is -2.87. The average Bonchev–Trinajstić information content (AvgIpc) is 3.12. The summed E-state index contributed by atoms with van der Waals surface area (Å²) in [4.78, 5) is 24.7. The smallest absolute Gasteiger partial charge is 0.494 e. The molecule has 0 bridgehead atoms. The highest BCUT2D eigenvalue weighted by Gasteiger charge is 2.50. The molecule has 2 fully saturated rings. The number of anilines is 6. The van der Waals surface area contributed by atoms with Crippen molar-refractivity contribution in [2.24, 2.45) is 0 Å². The molecule has 2 N–H and O–H groups in total. The largest absolute Gasteiger partial charge is 0.516 e. The lowest BCUT2D eigenvalue weighted by Gasteiger charge is -2.43. The molecule has 0 spiro atoms. The van der Waals surface area contributed by atoms with E-state index in [0.717, 1.165) is 76.8 Å². The van der Waals surface area contributed by atoms with Gasteiger partial charge in [-0.15, -0.1) is 0 Å². The van der Waals surface area contributed by atoms with Crippen LogP contribution in [0.3, 0.4) is 0 Å². The Kier molecular flexibility index (Phi) is 10.8. The normalized spacial score (nSPS) is 16.7. The number of likely N-dealkylation sites (N-methyl/N-ethyl adjacent to an activating group) is 1. The molecule has 2 aliphatic rings. The number of aryl methyl sites for hydroxylation is 1. The van der Waals surface area contributed by atoms with E-state index < -0.39 is 15.5 Å². The number of aromatic nitrogens is 4. The third kappa shape index (κ3) is 7.64. The van der Waals surface area contributed by atoms with Crippen molar-refractivity contribution < 1.29 is 26.3 Å². The van der Waals surface area contributed by atoms with Gasteiger partial charge in [-0.25, -0.2) is 4.98 Å². The summed E-state index contributed by atoms with van der Waals surface area (Å²) in [6.07, 6.45) is 7.08. The summed E-state index contributed by atoms with van der Waals surface area (Å²) in [6.45, 7) is 8.44. The third-order valence-electron chi connectivity index (χ3n) is 9.47. The molecule has 13 nitrogen and oxygen atoms in total. The molecule has 2 aromatic carbocycles. The van der Waals surface area contributed by atoms with E-state index in [2.05, 4.69) is 75.2 Å². The van der Waals surface area contributed by atoms with Crippen LogP contribution in [0.1, 0.15) is 25.3 Å². The maximum atomic E-state index is 13.7. The molecule has 18 heteroatoms. The quantitative estimate of drug-likeness (QED) is 0.203. The molecule has 2 aromatic heterocycles. The van der Waals surface area contributed by atoms with E-state index in [9.17, 15) is 21.6 Å². The van der Waals surface area contributed by atoms with Crippen LogP contribution >= 0.6 is 15.9 Å². The Hall–Kier alpha value is -4.00. The molecule has 4 aromatic rings. The zero-order chi connectivity index (χ0) is 36.5. The number of halogens is 4. The van der Waals surface area contributed by atoms with Crippen molar-refractivity contribution in [3.63, 3.8) is 0 Å². The number of alkyl halides is 3. The fourth-order valence-corrected chi connectivity index (χ4v) is 7.62. The molecule has 0 saturated carbocycles. The standard InChI is InChI=1S/C33H40BrF3N10O3S/c1-5-21-18-26(28(50-4)19-27(21)47-12-8-22(9-13-47)46-16-14-44(2)15-17-46)42-32-40-20-23(34)31(43-32)41-25-7-6-24-29(39-11-10-38-24)30(25)45(3)51(48,49)33(35,36)37/h6-7,10-11,18-20,22H,5,8-9,12-17H2,1-4H3,(H2,40,41,42,43). The number of piperidine rings is 1. The van der Waals surface area contributed by atoms with E-state index in [4.69, 9.17) is 4.74 Å². The van der Waals surface area contributed by atoms with Crippen molar-refractivity contribution in [3.05, 3.63) is 52.9 Å². The minimum absolute atomic E-state index is 0.00438. The third-order valence-corrected chi connectivity index (χ3v) is 11.5. The number of nitrogens with zero attached hydrogens (tertiary/aromatic N) is 8. The van der Waals surface area contributed by atoms with Gasteiger partial charge in [0.25, 0.3) is 0 Å². The Morgan fingerprint density at radius 3 is 2.37 bits per heavy atom. The fourth-order valence-electron chi connectivity index (χ4n) is 6.60. The lowest BCUT2D eigenvalue weighted by molar-refractivity contribution is -0.0436. The van der Waals surface area contributed by atoms with Crippen molar-refractivity contribution in [1.29, 1.82) is 0 Å². The van der Waals surface area contributed by atoms with E-state index in [1.54, 1.807) is 7.11 Å². The summed E-state index contributed by atoms with van der Waals surface area (Å²) in [7, 11) is -1.19. The monoisotopic (exact) mass is 792 g/mol. The molecule has 6 rings (SSSR count). The van der Waals surface area contributed by atoms with E-state index in [1.165, 1.54) is 30.7 Å². The Morgan fingerprint density at radius 1 is 1.00 bits per heavy atom. The Balaban J connectivity index is 1.26. The molecule has 2 aliphatic heterocycles. The van der Waals surface area contributed by atoms with Crippen LogP contribution in [0.4, 0.5) is 47.7 Å². The Bertz CT molecular complexity index is 1990. The van der Waals surface area contributed by atoms with Crippen LogP contribution in [-0.2, 0) is 16.4 Å². The molecule has 0 atom stereocenters. The summed E-state index contributed by atoms with van der Waals surface area (Å²) in [5.74, 6) is 0.920. The molecule has 0 unspecified atom stereocenters. The van der Waals surface area contributed by atoms with Gasteiger partial charge in [-0.3, -0.25) is 19.2 Å².